The molecule has 6 heteroatoms. The normalized spacial score (nSPS) is 16.4. The van der Waals surface area contributed by atoms with Gasteiger partial charge < -0.3 is 14.1 Å². The summed E-state index contributed by atoms with van der Waals surface area (Å²) in [4.78, 5) is 18.7. The summed E-state index contributed by atoms with van der Waals surface area (Å²) in [5.41, 5.74) is 1.81. The van der Waals surface area contributed by atoms with Crippen molar-refractivity contribution in [2.45, 2.75) is 25.5 Å². The first-order valence-corrected chi connectivity index (χ1v) is 8.17. The third-order valence-electron chi connectivity index (χ3n) is 4.11. The second-order valence-electron chi connectivity index (χ2n) is 5.85. The highest BCUT2D eigenvalue weighted by atomic mass is 16.5. The van der Waals surface area contributed by atoms with Gasteiger partial charge in [0, 0.05) is 19.7 Å². The van der Waals surface area contributed by atoms with Crippen molar-refractivity contribution in [3.8, 4) is 6.07 Å². The molecule has 128 valence electrons. The number of rotatable bonds is 6. The summed E-state index contributed by atoms with van der Waals surface area (Å²) in [6, 6.07) is 9.23. The molecule has 0 aliphatic carbocycles. The number of oxazole rings is 1. The number of hydrogen-bond acceptors (Lipinski definition) is 5. The van der Waals surface area contributed by atoms with E-state index in [4.69, 9.17) is 14.4 Å². The fraction of sp³-hybridized carbons (Fsp3) is 0.316. The molecule has 1 aromatic heterocycles. The Kier molecular flexibility index (Phi) is 5.26. The molecule has 0 N–H and O–H groups in total. The van der Waals surface area contributed by atoms with Crippen LogP contribution in [0.25, 0.3) is 0 Å². The van der Waals surface area contributed by atoms with Crippen molar-refractivity contribution in [3.63, 3.8) is 0 Å². The first kappa shape index (κ1) is 16.9. The Morgan fingerprint density at radius 1 is 1.44 bits per heavy atom. The monoisotopic (exact) mass is 337 g/mol. The second-order valence-corrected chi connectivity index (χ2v) is 5.85. The lowest BCUT2D eigenvalue weighted by Crippen LogP contribution is -2.31. The molecule has 1 aromatic carbocycles. The van der Waals surface area contributed by atoms with E-state index >= 15 is 0 Å². The Hall–Kier alpha value is -2.91. The smallest absolute Gasteiger partial charge is 0.276 e. The quantitative estimate of drug-likeness (QED) is 0.756. The van der Waals surface area contributed by atoms with Gasteiger partial charge in [-0.2, -0.15) is 5.26 Å². The molecule has 1 amide bonds. The molecule has 0 radical (unpaired) electrons. The van der Waals surface area contributed by atoms with E-state index in [9.17, 15) is 4.79 Å². The van der Waals surface area contributed by atoms with Crippen molar-refractivity contribution < 1.29 is 13.9 Å². The van der Waals surface area contributed by atoms with Crippen molar-refractivity contribution in [1.82, 2.24) is 9.88 Å². The Bertz CT molecular complexity index is 783. The lowest BCUT2D eigenvalue weighted by molar-refractivity contribution is 0.0721. The minimum absolute atomic E-state index is 0.207. The average Bonchev–Trinajstić information content (AvgIpc) is 3.32. The lowest BCUT2D eigenvalue weighted by Gasteiger charge is -2.21. The average molecular weight is 337 g/mol. The zero-order valence-electron chi connectivity index (χ0n) is 13.9. The molecule has 6 nitrogen and oxygen atoms in total. The molecule has 0 spiro atoms. The maximum Gasteiger partial charge on any atom is 0.276 e. The predicted octanol–water partition coefficient (Wildman–Crippen LogP) is 3.23. The van der Waals surface area contributed by atoms with E-state index in [1.165, 1.54) is 6.39 Å². The fourth-order valence-corrected chi connectivity index (χ4v) is 2.86. The highest BCUT2D eigenvalue weighted by molar-refractivity contribution is 5.93. The number of carbonyl (C=O) groups excluding carboxylic acids is 1. The van der Waals surface area contributed by atoms with Crippen LogP contribution in [0, 0.1) is 11.3 Å². The number of nitrogens with zero attached hydrogens (tertiary/aromatic N) is 3. The number of aromatic nitrogens is 1. The molecule has 0 bridgehead atoms. The number of hydrogen-bond donors (Lipinski definition) is 0. The van der Waals surface area contributed by atoms with Gasteiger partial charge in [0.1, 0.15) is 6.10 Å². The molecule has 2 aromatic rings. The SMILES string of the molecule is C=CCN(Cc1ccc(C#N)cc1)C(=O)c1ncoc1[C@H]1CCCO1. The Balaban J connectivity index is 1.80. The number of benzene rings is 1. The van der Waals surface area contributed by atoms with Crippen LogP contribution >= 0.6 is 0 Å². The van der Waals surface area contributed by atoms with Gasteiger partial charge in [-0.25, -0.2) is 4.98 Å². The van der Waals surface area contributed by atoms with E-state index in [0.717, 1.165) is 18.4 Å². The van der Waals surface area contributed by atoms with Crippen LogP contribution in [0.2, 0.25) is 0 Å². The standard InChI is InChI=1S/C19H19N3O3/c1-2-9-22(12-15-7-5-14(11-20)6-8-15)19(23)17-18(25-13-21-17)16-4-3-10-24-16/h2,5-8,13,16H,1,3-4,9-10,12H2/t16-/m1/s1. The maximum atomic E-state index is 12.9. The van der Waals surface area contributed by atoms with Crippen molar-refractivity contribution >= 4 is 5.91 Å². The first-order valence-electron chi connectivity index (χ1n) is 8.17. The van der Waals surface area contributed by atoms with Crippen molar-refractivity contribution in [2.75, 3.05) is 13.2 Å². The van der Waals surface area contributed by atoms with Crippen LogP contribution in [0.4, 0.5) is 0 Å². The van der Waals surface area contributed by atoms with Gasteiger partial charge in [-0.3, -0.25) is 4.79 Å². The Morgan fingerprint density at radius 3 is 2.88 bits per heavy atom. The van der Waals surface area contributed by atoms with E-state index in [1.807, 2.05) is 12.1 Å². The van der Waals surface area contributed by atoms with Crippen LogP contribution < -0.4 is 0 Å². The second kappa shape index (κ2) is 7.77. The van der Waals surface area contributed by atoms with Crippen LogP contribution in [-0.4, -0.2) is 28.9 Å². The molecule has 1 aliphatic rings. The number of ether oxygens (including phenoxy) is 1. The topological polar surface area (TPSA) is 79.4 Å². The Morgan fingerprint density at radius 2 is 2.24 bits per heavy atom. The number of amides is 1. The molecule has 1 aliphatic heterocycles. The third kappa shape index (κ3) is 3.78. The molecular formula is C19H19N3O3. The molecule has 2 heterocycles. The highest BCUT2D eigenvalue weighted by Crippen LogP contribution is 2.31. The highest BCUT2D eigenvalue weighted by Gasteiger charge is 2.30. The van der Waals surface area contributed by atoms with Crippen molar-refractivity contribution in [2.24, 2.45) is 0 Å². The fourth-order valence-electron chi connectivity index (χ4n) is 2.86. The molecule has 25 heavy (non-hydrogen) atoms. The molecule has 0 saturated carbocycles. The van der Waals surface area contributed by atoms with Gasteiger partial charge in [0.05, 0.1) is 11.6 Å². The molecule has 1 saturated heterocycles. The van der Waals surface area contributed by atoms with Crippen molar-refractivity contribution in [3.05, 3.63) is 65.9 Å². The summed E-state index contributed by atoms with van der Waals surface area (Å²) in [6.45, 7) is 5.18. The van der Waals surface area contributed by atoms with Crippen molar-refractivity contribution in [1.29, 1.82) is 5.26 Å². The molecule has 3 rings (SSSR count). The zero-order valence-corrected chi connectivity index (χ0v) is 13.9. The first-order chi connectivity index (χ1) is 12.2. The molecule has 1 fully saturated rings. The van der Waals surface area contributed by atoms with Gasteiger partial charge in [0.25, 0.3) is 5.91 Å². The van der Waals surface area contributed by atoms with Crippen LogP contribution in [-0.2, 0) is 11.3 Å². The Labute approximate surface area is 146 Å². The lowest BCUT2D eigenvalue weighted by atomic mass is 10.1. The summed E-state index contributed by atoms with van der Waals surface area (Å²) in [7, 11) is 0. The summed E-state index contributed by atoms with van der Waals surface area (Å²) < 4.78 is 11.0. The largest absolute Gasteiger partial charge is 0.445 e. The third-order valence-corrected chi connectivity index (χ3v) is 4.11. The number of nitriles is 1. The van der Waals surface area contributed by atoms with E-state index in [2.05, 4.69) is 17.6 Å². The van der Waals surface area contributed by atoms with Crippen LogP contribution in [0.3, 0.4) is 0 Å². The van der Waals surface area contributed by atoms with E-state index in [1.54, 1.807) is 23.1 Å². The summed E-state index contributed by atoms with van der Waals surface area (Å²) in [5.74, 6) is 0.278. The van der Waals surface area contributed by atoms with E-state index in [0.29, 0.717) is 36.7 Å². The van der Waals surface area contributed by atoms with E-state index < -0.39 is 0 Å². The van der Waals surface area contributed by atoms with Crippen LogP contribution in [0.5, 0.6) is 0 Å². The van der Waals surface area contributed by atoms with Gasteiger partial charge in [-0.1, -0.05) is 18.2 Å². The van der Waals surface area contributed by atoms with E-state index in [-0.39, 0.29) is 12.0 Å². The molecule has 0 unspecified atom stereocenters. The van der Waals surface area contributed by atoms with Crippen LogP contribution in [0.1, 0.15) is 46.3 Å². The van der Waals surface area contributed by atoms with Gasteiger partial charge in [0.15, 0.2) is 17.8 Å². The van der Waals surface area contributed by atoms with Gasteiger partial charge in [0.2, 0.25) is 0 Å². The minimum atomic E-state index is -0.219. The molecular weight excluding hydrogens is 318 g/mol. The van der Waals surface area contributed by atoms with Gasteiger partial charge >= 0.3 is 0 Å². The summed E-state index contributed by atoms with van der Waals surface area (Å²) in [5, 5.41) is 8.88. The maximum absolute atomic E-state index is 12.9. The predicted molar refractivity (Wildman–Crippen MR) is 90.5 cm³/mol. The zero-order chi connectivity index (χ0) is 17.6. The molecule has 1 atom stereocenters. The summed E-state index contributed by atoms with van der Waals surface area (Å²) in [6.07, 6.45) is 4.53. The van der Waals surface area contributed by atoms with Gasteiger partial charge in [-0.15, -0.1) is 6.58 Å². The van der Waals surface area contributed by atoms with Gasteiger partial charge in [-0.05, 0) is 30.5 Å². The minimum Gasteiger partial charge on any atom is -0.445 e. The number of carbonyl (C=O) groups is 1. The summed E-state index contributed by atoms with van der Waals surface area (Å²) >= 11 is 0. The van der Waals surface area contributed by atoms with Crippen LogP contribution in [0.15, 0.2) is 47.7 Å².